The predicted octanol–water partition coefficient (Wildman–Crippen LogP) is 2.14. The molecular weight excluding hydrogens is 263 g/mol. The number of amides is 1. The first-order chi connectivity index (χ1) is 8.79. The summed E-state index contributed by atoms with van der Waals surface area (Å²) in [5.41, 5.74) is -0.792. The highest BCUT2D eigenvalue weighted by Gasteiger charge is 2.36. The summed E-state index contributed by atoms with van der Waals surface area (Å²) in [7, 11) is 0. The van der Waals surface area contributed by atoms with Gasteiger partial charge in [0.1, 0.15) is 0 Å². The number of carbonyl (C=O) groups is 2. The molecule has 1 aromatic rings. The third-order valence-corrected chi connectivity index (χ3v) is 2.96. The summed E-state index contributed by atoms with van der Waals surface area (Å²) in [5.74, 6) is -2.48. The van der Waals surface area contributed by atoms with Crippen LogP contribution in [0.1, 0.15) is 12.0 Å². The van der Waals surface area contributed by atoms with Crippen LogP contribution in [0.3, 0.4) is 0 Å². The molecule has 19 heavy (non-hydrogen) atoms. The minimum atomic E-state index is -4.50. The number of carboxylic acid groups (broad SMARTS) is 1. The molecule has 1 N–H and O–H groups in total. The summed E-state index contributed by atoms with van der Waals surface area (Å²) in [4.78, 5) is 23.5. The zero-order valence-electron chi connectivity index (χ0n) is 9.65. The van der Waals surface area contributed by atoms with E-state index in [-0.39, 0.29) is 18.7 Å². The van der Waals surface area contributed by atoms with Crippen molar-refractivity contribution in [1.29, 1.82) is 0 Å². The zero-order chi connectivity index (χ0) is 14.2. The van der Waals surface area contributed by atoms with E-state index in [1.165, 1.54) is 12.1 Å². The molecular formula is C12H10F3NO3. The Bertz CT molecular complexity index is 527. The largest absolute Gasteiger partial charge is 0.481 e. The average Bonchev–Trinajstić information content (AvgIpc) is 2.71. The summed E-state index contributed by atoms with van der Waals surface area (Å²) in [6.07, 6.45) is -4.68. The number of carboxylic acids is 1. The number of aliphatic carboxylic acids is 1. The molecule has 1 amide bonds. The third-order valence-electron chi connectivity index (χ3n) is 2.96. The van der Waals surface area contributed by atoms with E-state index in [2.05, 4.69) is 0 Å². The molecule has 4 nitrogen and oxygen atoms in total. The van der Waals surface area contributed by atoms with E-state index >= 15 is 0 Å². The first kappa shape index (κ1) is 13.4. The number of hydrogen-bond donors (Lipinski definition) is 1. The van der Waals surface area contributed by atoms with Gasteiger partial charge >= 0.3 is 12.1 Å². The van der Waals surface area contributed by atoms with E-state index in [1.807, 2.05) is 0 Å². The Morgan fingerprint density at radius 2 is 2.05 bits per heavy atom. The van der Waals surface area contributed by atoms with Crippen molar-refractivity contribution in [3.05, 3.63) is 29.8 Å². The zero-order valence-corrected chi connectivity index (χ0v) is 9.65. The molecule has 7 heteroatoms. The molecule has 0 bridgehead atoms. The number of benzene rings is 1. The molecule has 0 radical (unpaired) electrons. The van der Waals surface area contributed by atoms with Gasteiger partial charge in [0.05, 0.1) is 11.5 Å². The van der Waals surface area contributed by atoms with Crippen LogP contribution in [0, 0.1) is 5.92 Å². The maximum atomic E-state index is 12.6. The van der Waals surface area contributed by atoms with Crippen LogP contribution in [0.15, 0.2) is 24.3 Å². The lowest BCUT2D eigenvalue weighted by atomic mass is 10.1. The lowest BCUT2D eigenvalue weighted by molar-refractivity contribution is -0.141. The van der Waals surface area contributed by atoms with Gasteiger partial charge in [-0.2, -0.15) is 13.2 Å². The maximum absolute atomic E-state index is 12.6. The Hall–Kier alpha value is -2.05. The van der Waals surface area contributed by atoms with E-state index in [1.54, 1.807) is 0 Å². The van der Waals surface area contributed by atoms with E-state index < -0.39 is 29.5 Å². The summed E-state index contributed by atoms with van der Waals surface area (Å²) >= 11 is 0. The summed E-state index contributed by atoms with van der Waals surface area (Å²) in [6.45, 7) is -0.102. The second-order valence-electron chi connectivity index (χ2n) is 4.29. The molecule has 1 fully saturated rings. The van der Waals surface area contributed by atoms with E-state index in [9.17, 15) is 22.8 Å². The van der Waals surface area contributed by atoms with Crippen LogP contribution in [0.4, 0.5) is 18.9 Å². The van der Waals surface area contributed by atoms with Crippen LogP contribution >= 0.6 is 0 Å². The summed E-state index contributed by atoms with van der Waals surface area (Å²) < 4.78 is 37.7. The molecule has 0 spiro atoms. The maximum Gasteiger partial charge on any atom is 0.416 e. The van der Waals surface area contributed by atoms with Crippen molar-refractivity contribution >= 4 is 17.6 Å². The Kier molecular flexibility index (Phi) is 3.21. The van der Waals surface area contributed by atoms with Crippen molar-refractivity contribution in [2.75, 3.05) is 11.4 Å². The fraction of sp³-hybridized carbons (Fsp3) is 0.333. The van der Waals surface area contributed by atoms with E-state index in [0.717, 1.165) is 17.0 Å². The normalized spacial score (nSPS) is 19.8. The molecule has 1 aliphatic rings. The van der Waals surface area contributed by atoms with Gasteiger partial charge < -0.3 is 10.0 Å². The minimum Gasteiger partial charge on any atom is -0.481 e. The predicted molar refractivity (Wildman–Crippen MR) is 59.5 cm³/mol. The highest BCUT2D eigenvalue weighted by molar-refractivity contribution is 5.99. The van der Waals surface area contributed by atoms with Crippen molar-refractivity contribution in [1.82, 2.24) is 0 Å². The summed E-state index contributed by atoms with van der Waals surface area (Å²) in [5, 5.41) is 8.82. The van der Waals surface area contributed by atoms with Gasteiger partial charge in [-0.3, -0.25) is 9.59 Å². The minimum absolute atomic E-state index is 0.0728. The Balaban J connectivity index is 2.28. The first-order valence-corrected chi connectivity index (χ1v) is 5.49. The third kappa shape index (κ3) is 2.69. The number of anilines is 1. The first-order valence-electron chi connectivity index (χ1n) is 5.49. The van der Waals surface area contributed by atoms with Gasteiger partial charge in [-0.25, -0.2) is 0 Å². The lowest BCUT2D eigenvalue weighted by Gasteiger charge is -2.17. The number of rotatable bonds is 2. The van der Waals surface area contributed by atoms with E-state index in [4.69, 9.17) is 5.11 Å². The number of alkyl halides is 3. The molecule has 0 aliphatic carbocycles. The standard InChI is InChI=1S/C12H10F3NO3/c13-12(14,15)8-2-1-3-9(5-8)16-6-7(11(18)19)4-10(16)17/h1-3,5,7H,4,6H2,(H,18,19)/t7-/m1/s1. The van der Waals surface area contributed by atoms with Crippen LogP contribution < -0.4 is 4.90 Å². The topological polar surface area (TPSA) is 57.6 Å². The highest BCUT2D eigenvalue weighted by atomic mass is 19.4. The van der Waals surface area contributed by atoms with Gasteiger partial charge in [0.25, 0.3) is 0 Å². The molecule has 1 aromatic carbocycles. The van der Waals surface area contributed by atoms with Gasteiger partial charge in [0.15, 0.2) is 0 Å². The molecule has 1 heterocycles. The van der Waals surface area contributed by atoms with Crippen molar-refractivity contribution < 1.29 is 27.9 Å². The fourth-order valence-electron chi connectivity index (χ4n) is 1.97. The second-order valence-corrected chi connectivity index (χ2v) is 4.29. The smallest absolute Gasteiger partial charge is 0.416 e. The van der Waals surface area contributed by atoms with E-state index in [0.29, 0.717) is 0 Å². The van der Waals surface area contributed by atoms with Crippen LogP contribution in [0.25, 0.3) is 0 Å². The number of hydrogen-bond acceptors (Lipinski definition) is 2. The molecule has 0 saturated carbocycles. The van der Waals surface area contributed by atoms with Gasteiger partial charge in [-0.1, -0.05) is 6.07 Å². The lowest BCUT2D eigenvalue weighted by Crippen LogP contribution is -2.26. The van der Waals surface area contributed by atoms with Crippen LogP contribution in [-0.4, -0.2) is 23.5 Å². The fourth-order valence-corrected chi connectivity index (χ4v) is 1.97. The number of carbonyl (C=O) groups excluding carboxylic acids is 1. The van der Waals surface area contributed by atoms with Crippen molar-refractivity contribution in [2.24, 2.45) is 5.92 Å². The Morgan fingerprint density at radius 1 is 1.37 bits per heavy atom. The Labute approximate surface area is 106 Å². The van der Waals surface area contributed by atoms with Crippen molar-refractivity contribution in [3.8, 4) is 0 Å². The van der Waals surface area contributed by atoms with Gasteiger partial charge in [0, 0.05) is 18.7 Å². The van der Waals surface area contributed by atoms with Gasteiger partial charge in [0.2, 0.25) is 5.91 Å². The van der Waals surface area contributed by atoms with Crippen LogP contribution in [-0.2, 0) is 15.8 Å². The van der Waals surface area contributed by atoms with Crippen LogP contribution in [0.5, 0.6) is 0 Å². The van der Waals surface area contributed by atoms with Gasteiger partial charge in [-0.05, 0) is 18.2 Å². The highest BCUT2D eigenvalue weighted by Crippen LogP contribution is 2.33. The second kappa shape index (κ2) is 4.56. The molecule has 2 rings (SSSR count). The molecule has 0 unspecified atom stereocenters. The number of nitrogens with zero attached hydrogens (tertiary/aromatic N) is 1. The Morgan fingerprint density at radius 3 is 2.58 bits per heavy atom. The van der Waals surface area contributed by atoms with Crippen LogP contribution in [0.2, 0.25) is 0 Å². The monoisotopic (exact) mass is 273 g/mol. The SMILES string of the molecule is O=C(O)[C@@H]1CC(=O)N(c2cccc(C(F)(F)F)c2)C1. The van der Waals surface area contributed by atoms with Crippen molar-refractivity contribution in [3.63, 3.8) is 0 Å². The number of halogens is 3. The molecule has 1 saturated heterocycles. The molecule has 1 atom stereocenters. The summed E-state index contributed by atoms with van der Waals surface area (Å²) in [6, 6.07) is 4.30. The molecule has 0 aromatic heterocycles. The van der Waals surface area contributed by atoms with Gasteiger partial charge in [-0.15, -0.1) is 0 Å². The molecule has 102 valence electrons. The quantitative estimate of drug-likeness (QED) is 0.898. The molecule has 1 aliphatic heterocycles. The van der Waals surface area contributed by atoms with Crippen molar-refractivity contribution in [2.45, 2.75) is 12.6 Å². The average molecular weight is 273 g/mol.